The zero-order chi connectivity index (χ0) is 11.7. The van der Waals surface area contributed by atoms with Crippen LogP contribution in [0.4, 0.5) is 4.39 Å². The molecule has 0 aliphatic carbocycles. The average Bonchev–Trinajstić information content (AvgIpc) is 2.71. The van der Waals surface area contributed by atoms with Crippen molar-refractivity contribution in [3.63, 3.8) is 0 Å². The summed E-state index contributed by atoms with van der Waals surface area (Å²) in [5, 5.41) is 16.8. The van der Waals surface area contributed by atoms with Crippen LogP contribution >= 0.6 is 15.9 Å². The van der Waals surface area contributed by atoms with Gasteiger partial charge in [0.25, 0.3) is 0 Å². The molecule has 0 saturated carbocycles. The van der Waals surface area contributed by atoms with Gasteiger partial charge in [0.1, 0.15) is 11.4 Å². The first-order valence-corrected chi connectivity index (χ1v) is 5.43. The molecule has 0 bridgehead atoms. The van der Waals surface area contributed by atoms with Gasteiger partial charge in [-0.25, -0.2) is 9.07 Å². The van der Waals surface area contributed by atoms with Crippen molar-refractivity contribution in [1.29, 1.82) is 0 Å². The van der Waals surface area contributed by atoms with Crippen LogP contribution in [0.3, 0.4) is 0 Å². The van der Waals surface area contributed by atoms with Crippen LogP contribution in [0.15, 0.2) is 28.9 Å². The normalized spacial score (nSPS) is 12.8. The van der Waals surface area contributed by atoms with Crippen LogP contribution in [0.5, 0.6) is 0 Å². The van der Waals surface area contributed by atoms with E-state index < -0.39 is 11.9 Å². The predicted octanol–water partition coefficient (Wildman–Crippen LogP) is 2.22. The van der Waals surface area contributed by atoms with Crippen LogP contribution in [-0.2, 0) is 0 Å². The first-order valence-electron chi connectivity index (χ1n) is 4.64. The van der Waals surface area contributed by atoms with Gasteiger partial charge in [0.2, 0.25) is 0 Å². The van der Waals surface area contributed by atoms with E-state index in [-0.39, 0.29) is 5.69 Å². The number of nitrogens with zero attached hydrogens (tertiary/aromatic N) is 3. The molecule has 1 aromatic heterocycles. The van der Waals surface area contributed by atoms with Crippen LogP contribution in [0.2, 0.25) is 0 Å². The Kier molecular flexibility index (Phi) is 3.02. The third kappa shape index (κ3) is 1.98. The van der Waals surface area contributed by atoms with Crippen molar-refractivity contribution >= 4 is 15.9 Å². The summed E-state index contributed by atoms with van der Waals surface area (Å²) < 4.78 is 15.4. The Labute approximate surface area is 99.8 Å². The van der Waals surface area contributed by atoms with Gasteiger partial charge in [-0.3, -0.25) is 0 Å². The Morgan fingerprint density at radius 1 is 1.50 bits per heavy atom. The molecule has 0 radical (unpaired) electrons. The molecule has 4 nitrogen and oxygen atoms in total. The molecule has 6 heteroatoms. The lowest BCUT2D eigenvalue weighted by Gasteiger charge is -2.02. The summed E-state index contributed by atoms with van der Waals surface area (Å²) in [7, 11) is 0. The quantitative estimate of drug-likeness (QED) is 0.921. The van der Waals surface area contributed by atoms with E-state index in [9.17, 15) is 9.50 Å². The fourth-order valence-electron chi connectivity index (χ4n) is 1.26. The summed E-state index contributed by atoms with van der Waals surface area (Å²) in [5.41, 5.74) is 0.688. The molecule has 1 heterocycles. The predicted molar refractivity (Wildman–Crippen MR) is 59.7 cm³/mol. The van der Waals surface area contributed by atoms with E-state index in [4.69, 9.17) is 0 Å². The second kappa shape index (κ2) is 4.31. The highest BCUT2D eigenvalue weighted by molar-refractivity contribution is 9.10. The molecule has 0 fully saturated rings. The highest BCUT2D eigenvalue weighted by Gasteiger charge is 2.12. The highest BCUT2D eigenvalue weighted by atomic mass is 79.9. The molecule has 84 valence electrons. The number of hydrogen-bond donors (Lipinski definition) is 1. The van der Waals surface area contributed by atoms with E-state index in [1.807, 2.05) is 0 Å². The monoisotopic (exact) mass is 285 g/mol. The Morgan fingerprint density at radius 2 is 2.25 bits per heavy atom. The molecule has 1 aromatic carbocycles. The maximum atomic E-state index is 13.7. The third-order valence-electron chi connectivity index (χ3n) is 2.12. The standard InChI is InChI=1S/C10H9BrFN3O/c1-6(16)8-5-15(14-13-8)9-4-2-3-7(11)10(9)12/h2-6,16H,1H3/t6-/m1/s1. The zero-order valence-corrected chi connectivity index (χ0v) is 10.0. The first-order chi connectivity index (χ1) is 7.59. The fraction of sp³-hybridized carbons (Fsp3) is 0.200. The van der Waals surface area contributed by atoms with Crippen molar-refractivity contribution in [3.8, 4) is 5.69 Å². The lowest BCUT2D eigenvalue weighted by atomic mass is 10.3. The smallest absolute Gasteiger partial charge is 0.163 e. The number of aliphatic hydroxyl groups excluding tert-OH is 1. The van der Waals surface area contributed by atoms with Crippen molar-refractivity contribution < 1.29 is 9.50 Å². The van der Waals surface area contributed by atoms with E-state index in [0.29, 0.717) is 10.2 Å². The number of rotatable bonds is 2. The molecular weight excluding hydrogens is 277 g/mol. The molecule has 0 spiro atoms. The van der Waals surface area contributed by atoms with E-state index in [1.165, 1.54) is 10.9 Å². The number of benzene rings is 1. The maximum absolute atomic E-state index is 13.7. The molecule has 0 amide bonds. The summed E-state index contributed by atoms with van der Waals surface area (Å²) in [5.74, 6) is -0.412. The molecule has 2 aromatic rings. The second-order valence-electron chi connectivity index (χ2n) is 3.34. The van der Waals surface area contributed by atoms with Crippen LogP contribution in [0, 0.1) is 5.82 Å². The fourth-order valence-corrected chi connectivity index (χ4v) is 1.61. The van der Waals surface area contributed by atoms with E-state index in [2.05, 4.69) is 26.2 Å². The number of aliphatic hydroxyl groups is 1. The minimum atomic E-state index is -0.719. The van der Waals surface area contributed by atoms with Crippen LogP contribution in [0.25, 0.3) is 5.69 Å². The van der Waals surface area contributed by atoms with Crippen molar-refractivity contribution in [3.05, 3.63) is 40.4 Å². The molecule has 16 heavy (non-hydrogen) atoms. The lowest BCUT2D eigenvalue weighted by molar-refractivity contribution is 0.194. The molecular formula is C10H9BrFN3O. The zero-order valence-electron chi connectivity index (χ0n) is 8.43. The minimum Gasteiger partial charge on any atom is -0.387 e. The van der Waals surface area contributed by atoms with Gasteiger partial charge in [0.05, 0.1) is 16.8 Å². The minimum absolute atomic E-state index is 0.286. The van der Waals surface area contributed by atoms with Gasteiger partial charge in [-0.15, -0.1) is 5.10 Å². The highest BCUT2D eigenvalue weighted by Crippen LogP contribution is 2.21. The van der Waals surface area contributed by atoms with E-state index >= 15 is 0 Å². The summed E-state index contributed by atoms with van der Waals surface area (Å²) in [6, 6.07) is 4.89. The number of halogens is 2. The Morgan fingerprint density at radius 3 is 2.88 bits per heavy atom. The van der Waals surface area contributed by atoms with Crippen molar-refractivity contribution in [1.82, 2.24) is 15.0 Å². The topological polar surface area (TPSA) is 50.9 Å². The Hall–Kier alpha value is -1.27. The lowest BCUT2D eigenvalue weighted by Crippen LogP contribution is -1.98. The maximum Gasteiger partial charge on any atom is 0.163 e. The number of aromatic nitrogens is 3. The first kappa shape index (κ1) is 11.2. The largest absolute Gasteiger partial charge is 0.387 e. The molecule has 1 N–H and O–H groups in total. The SMILES string of the molecule is C[C@@H](O)c1cn(-c2cccc(Br)c2F)nn1. The van der Waals surface area contributed by atoms with Gasteiger partial charge in [-0.05, 0) is 35.0 Å². The summed E-state index contributed by atoms with van der Waals surface area (Å²) in [6.45, 7) is 1.58. The Bertz CT molecular complexity index is 513. The molecule has 1 atom stereocenters. The van der Waals surface area contributed by atoms with Crippen LogP contribution in [-0.4, -0.2) is 20.1 Å². The second-order valence-corrected chi connectivity index (χ2v) is 4.19. The van der Waals surface area contributed by atoms with Gasteiger partial charge < -0.3 is 5.11 Å². The van der Waals surface area contributed by atoms with Crippen molar-refractivity contribution in [2.45, 2.75) is 13.0 Å². The summed E-state index contributed by atoms with van der Waals surface area (Å²) in [4.78, 5) is 0. The van der Waals surface area contributed by atoms with Crippen molar-refractivity contribution in [2.24, 2.45) is 0 Å². The van der Waals surface area contributed by atoms with Gasteiger partial charge in [0.15, 0.2) is 5.82 Å². The molecule has 0 aliphatic heterocycles. The van der Waals surface area contributed by atoms with E-state index in [0.717, 1.165) is 0 Å². The Balaban J connectivity index is 2.47. The summed E-state index contributed by atoms with van der Waals surface area (Å²) >= 11 is 3.09. The van der Waals surface area contributed by atoms with Gasteiger partial charge >= 0.3 is 0 Å². The van der Waals surface area contributed by atoms with Crippen LogP contribution in [0.1, 0.15) is 18.7 Å². The van der Waals surface area contributed by atoms with E-state index in [1.54, 1.807) is 25.1 Å². The van der Waals surface area contributed by atoms with Gasteiger partial charge in [-0.2, -0.15) is 0 Å². The third-order valence-corrected chi connectivity index (χ3v) is 2.73. The molecule has 2 rings (SSSR count). The van der Waals surface area contributed by atoms with Gasteiger partial charge in [0, 0.05) is 0 Å². The van der Waals surface area contributed by atoms with Crippen molar-refractivity contribution in [2.75, 3.05) is 0 Å². The average molecular weight is 286 g/mol. The van der Waals surface area contributed by atoms with Gasteiger partial charge in [-0.1, -0.05) is 11.3 Å². The molecule has 0 aliphatic rings. The number of hydrogen-bond acceptors (Lipinski definition) is 3. The molecule has 0 unspecified atom stereocenters. The summed E-state index contributed by atoms with van der Waals surface area (Å²) in [6.07, 6.45) is 0.777. The van der Waals surface area contributed by atoms with Crippen LogP contribution < -0.4 is 0 Å². The molecule has 0 saturated heterocycles.